The zero-order valence-electron chi connectivity index (χ0n) is 12.4. The number of nitrogens with zero attached hydrogens (tertiary/aromatic N) is 1. The second-order valence-electron chi connectivity index (χ2n) is 6.00. The summed E-state index contributed by atoms with van der Waals surface area (Å²) in [4.78, 5) is 6.12. The number of nitrogens with two attached hydrogens (primary N) is 1. The third-order valence-electron chi connectivity index (χ3n) is 4.32. The highest BCUT2D eigenvalue weighted by atomic mass is 35.5. The summed E-state index contributed by atoms with van der Waals surface area (Å²) in [5, 5.41) is 1.84. The Bertz CT molecular complexity index is 627. The van der Waals surface area contributed by atoms with Crippen LogP contribution in [0.5, 0.6) is 0 Å². The van der Waals surface area contributed by atoms with Crippen LogP contribution in [-0.2, 0) is 5.54 Å². The van der Waals surface area contributed by atoms with Gasteiger partial charge in [-0.15, -0.1) is 11.3 Å². The van der Waals surface area contributed by atoms with E-state index in [1.54, 1.807) is 11.3 Å². The molecular formula is C17H21ClN2S. The van der Waals surface area contributed by atoms with Crippen molar-refractivity contribution in [2.45, 2.75) is 51.0 Å². The standard InChI is InChI=1S/C17H21ClN2S/c1-12-15(13-7-6-8-14(18)11-13)20-16(21-12)17(19)9-4-2-3-5-10-17/h6-8,11H,2-5,9-10,19H2,1H3. The van der Waals surface area contributed by atoms with Crippen LogP contribution in [-0.4, -0.2) is 4.98 Å². The molecule has 21 heavy (non-hydrogen) atoms. The monoisotopic (exact) mass is 320 g/mol. The van der Waals surface area contributed by atoms with Crippen molar-refractivity contribution in [1.82, 2.24) is 4.98 Å². The molecule has 0 spiro atoms. The Morgan fingerprint density at radius 3 is 2.57 bits per heavy atom. The molecule has 1 fully saturated rings. The van der Waals surface area contributed by atoms with Crippen LogP contribution in [0.1, 0.15) is 48.4 Å². The van der Waals surface area contributed by atoms with Gasteiger partial charge in [0.05, 0.1) is 11.2 Å². The molecule has 2 N–H and O–H groups in total. The van der Waals surface area contributed by atoms with E-state index in [-0.39, 0.29) is 5.54 Å². The van der Waals surface area contributed by atoms with Gasteiger partial charge in [-0.05, 0) is 31.9 Å². The molecule has 112 valence electrons. The molecule has 0 amide bonds. The number of halogens is 1. The predicted molar refractivity (Wildman–Crippen MR) is 90.9 cm³/mol. The summed E-state index contributed by atoms with van der Waals surface area (Å²) < 4.78 is 0. The average molecular weight is 321 g/mol. The van der Waals surface area contributed by atoms with Gasteiger partial charge in [-0.3, -0.25) is 0 Å². The summed E-state index contributed by atoms with van der Waals surface area (Å²) in [5.74, 6) is 0. The summed E-state index contributed by atoms with van der Waals surface area (Å²) in [6.07, 6.45) is 7.11. The van der Waals surface area contributed by atoms with E-state index in [9.17, 15) is 0 Å². The van der Waals surface area contributed by atoms with Gasteiger partial charge in [-0.25, -0.2) is 4.98 Å². The number of hydrogen-bond donors (Lipinski definition) is 1. The zero-order valence-corrected chi connectivity index (χ0v) is 13.9. The Labute approximate surface area is 135 Å². The molecule has 0 unspecified atom stereocenters. The van der Waals surface area contributed by atoms with Gasteiger partial charge >= 0.3 is 0 Å². The number of thiazole rings is 1. The van der Waals surface area contributed by atoms with E-state index in [1.807, 2.05) is 18.2 Å². The number of rotatable bonds is 2. The summed E-state index contributed by atoms with van der Waals surface area (Å²) >= 11 is 7.85. The zero-order chi connectivity index (χ0) is 14.9. The Morgan fingerprint density at radius 2 is 1.90 bits per heavy atom. The van der Waals surface area contributed by atoms with Crippen LogP contribution in [0, 0.1) is 6.92 Å². The number of aryl methyl sites for hydroxylation is 1. The van der Waals surface area contributed by atoms with Gasteiger partial charge in [0, 0.05) is 15.5 Å². The van der Waals surface area contributed by atoms with Crippen molar-refractivity contribution >= 4 is 22.9 Å². The molecule has 2 nitrogen and oxygen atoms in total. The van der Waals surface area contributed by atoms with Crippen molar-refractivity contribution in [3.63, 3.8) is 0 Å². The smallest absolute Gasteiger partial charge is 0.113 e. The lowest BCUT2D eigenvalue weighted by molar-refractivity contribution is 0.384. The molecule has 1 aliphatic carbocycles. The molecule has 1 aromatic carbocycles. The maximum absolute atomic E-state index is 6.69. The van der Waals surface area contributed by atoms with Gasteiger partial charge in [0.25, 0.3) is 0 Å². The summed E-state index contributed by atoms with van der Waals surface area (Å²) in [6.45, 7) is 2.12. The summed E-state index contributed by atoms with van der Waals surface area (Å²) in [7, 11) is 0. The first-order valence-electron chi connectivity index (χ1n) is 7.61. The fraction of sp³-hybridized carbons (Fsp3) is 0.471. The van der Waals surface area contributed by atoms with Gasteiger partial charge in [0.15, 0.2) is 0 Å². The minimum Gasteiger partial charge on any atom is -0.319 e. The van der Waals surface area contributed by atoms with Gasteiger partial charge in [0.1, 0.15) is 5.01 Å². The first-order chi connectivity index (χ1) is 10.1. The Hall–Kier alpha value is -0.900. The van der Waals surface area contributed by atoms with Crippen LogP contribution in [0.25, 0.3) is 11.3 Å². The molecule has 1 heterocycles. The van der Waals surface area contributed by atoms with Crippen LogP contribution in [0.15, 0.2) is 24.3 Å². The number of hydrogen-bond acceptors (Lipinski definition) is 3. The normalized spacial score (nSPS) is 18.4. The van der Waals surface area contributed by atoms with E-state index < -0.39 is 0 Å². The third-order valence-corrected chi connectivity index (χ3v) is 5.74. The molecule has 1 aromatic heterocycles. The lowest BCUT2D eigenvalue weighted by atomic mass is 9.92. The topological polar surface area (TPSA) is 38.9 Å². The highest BCUT2D eigenvalue weighted by Crippen LogP contribution is 2.39. The first kappa shape index (κ1) is 15.0. The summed E-state index contributed by atoms with van der Waals surface area (Å²) in [5.41, 5.74) is 8.58. The van der Waals surface area contributed by atoms with Crippen LogP contribution in [0.4, 0.5) is 0 Å². The largest absolute Gasteiger partial charge is 0.319 e. The Morgan fingerprint density at radius 1 is 1.19 bits per heavy atom. The van der Waals surface area contributed by atoms with E-state index in [4.69, 9.17) is 22.3 Å². The second kappa shape index (κ2) is 6.07. The van der Waals surface area contributed by atoms with E-state index >= 15 is 0 Å². The van der Waals surface area contributed by atoms with Crippen molar-refractivity contribution in [2.24, 2.45) is 5.73 Å². The molecule has 0 bridgehead atoms. The lowest BCUT2D eigenvalue weighted by Gasteiger charge is -2.25. The molecule has 1 aliphatic rings. The Kier molecular flexibility index (Phi) is 4.34. The van der Waals surface area contributed by atoms with E-state index in [0.717, 1.165) is 34.1 Å². The average Bonchev–Trinajstić information content (AvgIpc) is 2.71. The number of aromatic nitrogens is 1. The quantitative estimate of drug-likeness (QED) is 0.764. The molecule has 0 atom stereocenters. The van der Waals surface area contributed by atoms with Gasteiger partial charge in [0.2, 0.25) is 0 Å². The fourth-order valence-corrected chi connectivity index (χ4v) is 4.37. The fourth-order valence-electron chi connectivity index (χ4n) is 3.09. The SMILES string of the molecule is Cc1sc(C2(N)CCCCCC2)nc1-c1cccc(Cl)c1. The van der Waals surface area contributed by atoms with Crippen LogP contribution < -0.4 is 5.73 Å². The predicted octanol–water partition coefficient (Wildman–Crippen LogP) is 5.28. The van der Waals surface area contributed by atoms with Gasteiger partial charge in [-0.2, -0.15) is 0 Å². The molecule has 1 saturated carbocycles. The molecule has 0 aliphatic heterocycles. The van der Waals surface area contributed by atoms with Crippen molar-refractivity contribution < 1.29 is 0 Å². The third kappa shape index (κ3) is 3.15. The maximum Gasteiger partial charge on any atom is 0.113 e. The minimum atomic E-state index is -0.233. The van der Waals surface area contributed by atoms with Crippen molar-refractivity contribution in [3.8, 4) is 11.3 Å². The van der Waals surface area contributed by atoms with Crippen LogP contribution in [0.2, 0.25) is 5.02 Å². The molecule has 2 aromatic rings. The van der Waals surface area contributed by atoms with E-state index in [2.05, 4.69) is 13.0 Å². The lowest BCUT2D eigenvalue weighted by Crippen LogP contribution is -2.35. The van der Waals surface area contributed by atoms with Gasteiger partial charge in [-0.1, -0.05) is 49.4 Å². The molecular weight excluding hydrogens is 300 g/mol. The van der Waals surface area contributed by atoms with Crippen LogP contribution >= 0.6 is 22.9 Å². The minimum absolute atomic E-state index is 0.233. The second-order valence-corrected chi connectivity index (χ2v) is 7.64. The molecule has 3 rings (SSSR count). The highest BCUT2D eigenvalue weighted by molar-refractivity contribution is 7.12. The van der Waals surface area contributed by atoms with Crippen molar-refractivity contribution in [3.05, 3.63) is 39.2 Å². The maximum atomic E-state index is 6.69. The Balaban J connectivity index is 1.97. The van der Waals surface area contributed by atoms with E-state index in [1.165, 1.54) is 30.6 Å². The van der Waals surface area contributed by atoms with Crippen LogP contribution in [0.3, 0.4) is 0 Å². The van der Waals surface area contributed by atoms with Crippen molar-refractivity contribution in [1.29, 1.82) is 0 Å². The first-order valence-corrected chi connectivity index (χ1v) is 8.81. The van der Waals surface area contributed by atoms with Gasteiger partial charge < -0.3 is 5.73 Å². The molecule has 0 saturated heterocycles. The highest BCUT2D eigenvalue weighted by Gasteiger charge is 2.32. The van der Waals surface area contributed by atoms with Crippen molar-refractivity contribution in [2.75, 3.05) is 0 Å². The van der Waals surface area contributed by atoms with E-state index in [0.29, 0.717) is 0 Å². The molecule has 4 heteroatoms. The molecule has 0 radical (unpaired) electrons. The summed E-state index contributed by atoms with van der Waals surface area (Å²) in [6, 6.07) is 7.90. The number of benzene rings is 1.